The van der Waals surface area contributed by atoms with Crippen LogP contribution >= 0.6 is 0 Å². The Balaban J connectivity index is 1.56. The third-order valence-corrected chi connectivity index (χ3v) is 5.58. The summed E-state index contributed by atoms with van der Waals surface area (Å²) in [5.41, 5.74) is 2.99. The molecular formula is C21H23N3O3S. The van der Waals surface area contributed by atoms with Crippen molar-refractivity contribution in [2.45, 2.75) is 18.2 Å². The average molecular weight is 398 g/mol. The number of methoxy groups -OCH3 is 1. The number of hydrogen-bond donors (Lipinski definition) is 2. The second kappa shape index (κ2) is 8.75. The van der Waals surface area contributed by atoms with Crippen LogP contribution in [-0.2, 0) is 16.4 Å². The molecule has 2 N–H and O–H groups in total. The number of nitrogens with zero attached hydrogens (tertiary/aromatic N) is 1. The van der Waals surface area contributed by atoms with Crippen LogP contribution in [0.25, 0.3) is 0 Å². The first kappa shape index (κ1) is 19.7. The van der Waals surface area contributed by atoms with Crippen molar-refractivity contribution in [3.8, 4) is 5.75 Å². The normalized spacial score (nSPS) is 11.1. The molecule has 0 saturated heterocycles. The van der Waals surface area contributed by atoms with E-state index >= 15 is 0 Å². The Morgan fingerprint density at radius 1 is 1.04 bits per heavy atom. The number of rotatable bonds is 8. The highest BCUT2D eigenvalue weighted by Gasteiger charge is 2.14. The maximum absolute atomic E-state index is 12.4. The topological polar surface area (TPSA) is 80.3 Å². The highest BCUT2D eigenvalue weighted by Crippen LogP contribution is 2.17. The summed E-state index contributed by atoms with van der Waals surface area (Å²) in [6.45, 7) is 2.63. The van der Waals surface area contributed by atoms with Crippen LogP contribution in [0, 0.1) is 6.92 Å². The number of aromatic nitrogens is 1. The van der Waals surface area contributed by atoms with E-state index in [2.05, 4.69) is 15.0 Å². The van der Waals surface area contributed by atoms with Crippen molar-refractivity contribution in [3.63, 3.8) is 0 Å². The standard InChI is InChI=1S/C21H23N3O3S/c1-16-6-9-20(10-7-16)28(25,26)24-21-11-8-18(15-23-21)22-13-12-17-4-3-5-19(14-17)27-2/h3-11,14-15,22H,12-13H2,1-2H3,(H,23,24). The number of aryl methyl sites for hydroxylation is 1. The van der Waals surface area contributed by atoms with Gasteiger partial charge in [0.2, 0.25) is 0 Å². The first-order valence-electron chi connectivity index (χ1n) is 8.88. The number of ether oxygens (including phenoxy) is 1. The molecule has 0 amide bonds. The van der Waals surface area contributed by atoms with Gasteiger partial charge in [0.1, 0.15) is 11.6 Å². The lowest BCUT2D eigenvalue weighted by Crippen LogP contribution is -2.14. The zero-order valence-corrected chi connectivity index (χ0v) is 16.7. The zero-order valence-electron chi connectivity index (χ0n) is 15.8. The lowest BCUT2D eigenvalue weighted by atomic mass is 10.1. The molecule has 0 spiro atoms. The van der Waals surface area contributed by atoms with Crippen LogP contribution < -0.4 is 14.8 Å². The molecule has 0 saturated carbocycles. The van der Waals surface area contributed by atoms with Crippen LogP contribution in [0.5, 0.6) is 5.75 Å². The summed E-state index contributed by atoms with van der Waals surface area (Å²) in [7, 11) is -2.00. The molecule has 0 unspecified atom stereocenters. The van der Waals surface area contributed by atoms with E-state index in [1.54, 1.807) is 49.7 Å². The van der Waals surface area contributed by atoms with Crippen LogP contribution in [0.1, 0.15) is 11.1 Å². The van der Waals surface area contributed by atoms with E-state index in [4.69, 9.17) is 4.74 Å². The number of nitrogens with one attached hydrogen (secondary N) is 2. The van der Waals surface area contributed by atoms with E-state index in [1.165, 1.54) is 5.56 Å². The Kier molecular flexibility index (Phi) is 6.16. The summed E-state index contributed by atoms with van der Waals surface area (Å²) in [6, 6.07) is 18.0. The maximum atomic E-state index is 12.4. The van der Waals surface area contributed by atoms with Gasteiger partial charge in [-0.2, -0.15) is 0 Å². The van der Waals surface area contributed by atoms with Gasteiger partial charge in [0.25, 0.3) is 10.0 Å². The van der Waals surface area contributed by atoms with Gasteiger partial charge in [-0.1, -0.05) is 29.8 Å². The van der Waals surface area contributed by atoms with Crippen LogP contribution in [0.3, 0.4) is 0 Å². The van der Waals surface area contributed by atoms with Crippen LogP contribution in [0.2, 0.25) is 0 Å². The summed E-state index contributed by atoms with van der Waals surface area (Å²) in [5.74, 6) is 1.11. The van der Waals surface area contributed by atoms with Gasteiger partial charge in [0.15, 0.2) is 0 Å². The molecule has 0 radical (unpaired) electrons. The SMILES string of the molecule is COc1cccc(CCNc2ccc(NS(=O)(=O)c3ccc(C)cc3)nc2)c1. The van der Waals surface area contributed by atoms with Gasteiger partial charge in [-0.05, 0) is 55.3 Å². The van der Waals surface area contributed by atoms with Gasteiger partial charge in [-0.15, -0.1) is 0 Å². The molecule has 0 bridgehead atoms. The largest absolute Gasteiger partial charge is 0.497 e. The number of anilines is 2. The average Bonchev–Trinajstić information content (AvgIpc) is 2.69. The lowest BCUT2D eigenvalue weighted by Gasteiger charge is -2.10. The molecule has 1 aromatic heterocycles. The summed E-state index contributed by atoms with van der Waals surface area (Å²) in [4.78, 5) is 4.40. The minimum atomic E-state index is -3.65. The van der Waals surface area contributed by atoms with E-state index in [1.807, 2.05) is 31.2 Å². The molecule has 0 aliphatic carbocycles. The zero-order chi connectivity index (χ0) is 20.0. The summed E-state index contributed by atoms with van der Waals surface area (Å²) in [5, 5.41) is 3.28. The number of sulfonamides is 1. The molecular weight excluding hydrogens is 374 g/mol. The summed E-state index contributed by atoms with van der Waals surface area (Å²) in [6.07, 6.45) is 2.44. The van der Waals surface area contributed by atoms with Gasteiger partial charge in [-0.3, -0.25) is 4.72 Å². The van der Waals surface area contributed by atoms with E-state index in [0.717, 1.165) is 30.0 Å². The van der Waals surface area contributed by atoms with Crippen molar-refractivity contribution in [1.29, 1.82) is 0 Å². The van der Waals surface area contributed by atoms with E-state index in [0.29, 0.717) is 0 Å². The summed E-state index contributed by atoms with van der Waals surface area (Å²) >= 11 is 0. The van der Waals surface area contributed by atoms with E-state index in [9.17, 15) is 8.42 Å². The summed E-state index contributed by atoms with van der Waals surface area (Å²) < 4.78 is 32.5. The fraction of sp³-hybridized carbons (Fsp3) is 0.190. The molecule has 28 heavy (non-hydrogen) atoms. The van der Waals surface area contributed by atoms with Gasteiger partial charge in [0, 0.05) is 6.54 Å². The van der Waals surface area contributed by atoms with Crippen molar-refractivity contribution < 1.29 is 13.2 Å². The molecule has 6 nitrogen and oxygen atoms in total. The Morgan fingerprint density at radius 3 is 2.50 bits per heavy atom. The maximum Gasteiger partial charge on any atom is 0.263 e. The van der Waals surface area contributed by atoms with E-state index in [-0.39, 0.29) is 10.7 Å². The fourth-order valence-electron chi connectivity index (χ4n) is 2.65. The Morgan fingerprint density at radius 2 is 1.82 bits per heavy atom. The molecule has 0 aliphatic rings. The number of pyridine rings is 1. The highest BCUT2D eigenvalue weighted by atomic mass is 32.2. The van der Waals surface area contributed by atoms with Crippen LogP contribution in [-0.4, -0.2) is 27.1 Å². The first-order chi connectivity index (χ1) is 13.5. The molecule has 2 aromatic carbocycles. The molecule has 1 heterocycles. The van der Waals surface area contributed by atoms with Crippen LogP contribution in [0.15, 0.2) is 71.8 Å². The van der Waals surface area contributed by atoms with Crippen molar-refractivity contribution in [1.82, 2.24) is 4.98 Å². The molecule has 7 heteroatoms. The Hall–Kier alpha value is -3.06. The Bertz CT molecular complexity index is 1020. The predicted molar refractivity (Wildman–Crippen MR) is 111 cm³/mol. The first-order valence-corrected chi connectivity index (χ1v) is 10.4. The lowest BCUT2D eigenvalue weighted by molar-refractivity contribution is 0.414. The second-order valence-corrected chi connectivity index (χ2v) is 8.06. The molecule has 3 rings (SSSR count). The fourth-order valence-corrected chi connectivity index (χ4v) is 3.66. The van der Waals surface area contributed by atoms with Gasteiger partial charge in [0.05, 0.1) is 23.9 Å². The molecule has 0 aliphatic heterocycles. The highest BCUT2D eigenvalue weighted by molar-refractivity contribution is 7.92. The third-order valence-electron chi connectivity index (χ3n) is 4.21. The predicted octanol–water partition coefficient (Wildman–Crippen LogP) is 3.85. The van der Waals surface area contributed by atoms with Gasteiger partial charge in [-0.25, -0.2) is 13.4 Å². The number of hydrogen-bond acceptors (Lipinski definition) is 5. The molecule has 146 valence electrons. The third kappa shape index (κ3) is 5.23. The second-order valence-electron chi connectivity index (χ2n) is 6.38. The Labute approximate surface area is 165 Å². The minimum absolute atomic E-state index is 0.209. The van der Waals surface area contributed by atoms with Crippen molar-refractivity contribution in [2.75, 3.05) is 23.7 Å². The quantitative estimate of drug-likeness (QED) is 0.603. The number of benzene rings is 2. The van der Waals surface area contributed by atoms with Crippen LogP contribution in [0.4, 0.5) is 11.5 Å². The molecule has 0 fully saturated rings. The van der Waals surface area contributed by atoms with Crippen molar-refractivity contribution in [2.24, 2.45) is 0 Å². The smallest absolute Gasteiger partial charge is 0.263 e. The van der Waals surface area contributed by atoms with Crippen molar-refractivity contribution >= 4 is 21.5 Å². The monoisotopic (exact) mass is 397 g/mol. The minimum Gasteiger partial charge on any atom is -0.497 e. The van der Waals surface area contributed by atoms with Crippen molar-refractivity contribution in [3.05, 3.63) is 78.0 Å². The van der Waals surface area contributed by atoms with Gasteiger partial charge < -0.3 is 10.1 Å². The molecule has 3 aromatic rings. The molecule has 0 atom stereocenters. The van der Waals surface area contributed by atoms with E-state index < -0.39 is 10.0 Å². The van der Waals surface area contributed by atoms with Gasteiger partial charge >= 0.3 is 0 Å².